The first-order valence-corrected chi connectivity index (χ1v) is 10.4. The lowest BCUT2D eigenvalue weighted by Crippen LogP contribution is -2.68. The molecule has 0 aliphatic carbocycles. The summed E-state index contributed by atoms with van der Waals surface area (Å²) in [5.41, 5.74) is 0.690. The second-order valence-corrected chi connectivity index (χ2v) is 7.94. The molecule has 166 valence electrons. The fourth-order valence-electron chi connectivity index (χ4n) is 3.87. The van der Waals surface area contributed by atoms with E-state index in [-0.39, 0.29) is 0 Å². The van der Waals surface area contributed by atoms with Crippen LogP contribution in [0.3, 0.4) is 0 Å². The van der Waals surface area contributed by atoms with Crippen molar-refractivity contribution in [1.29, 1.82) is 0 Å². The molecule has 0 radical (unpaired) electrons. The molecule has 8 heteroatoms. The fourth-order valence-corrected chi connectivity index (χ4v) is 3.87. The molecule has 1 aromatic carbocycles. The molecule has 0 saturated carbocycles. The third-order valence-corrected chi connectivity index (χ3v) is 5.75. The van der Waals surface area contributed by atoms with Crippen molar-refractivity contribution in [3.05, 3.63) is 35.9 Å². The molecule has 29 heavy (non-hydrogen) atoms. The number of nitrogens with one attached hydrogen (secondary N) is 1. The van der Waals surface area contributed by atoms with Gasteiger partial charge in [-0.25, -0.2) is 0 Å². The number of hydrogen-bond donors (Lipinski definition) is 8. The van der Waals surface area contributed by atoms with Crippen molar-refractivity contribution in [2.45, 2.75) is 87.2 Å². The number of benzene rings is 1. The van der Waals surface area contributed by atoms with Crippen LogP contribution in [0.1, 0.15) is 50.2 Å². The van der Waals surface area contributed by atoms with E-state index < -0.39 is 55.3 Å². The van der Waals surface area contributed by atoms with Crippen LogP contribution in [-0.4, -0.2) is 85.0 Å². The van der Waals surface area contributed by atoms with E-state index >= 15 is 0 Å². The number of unbranched alkanes of at least 4 members (excludes halogenated alkanes) is 3. The molecule has 1 aliphatic heterocycles. The molecule has 0 bridgehead atoms. The molecule has 3 unspecified atom stereocenters. The smallest absolute Gasteiger partial charge is 0.109 e. The molecule has 0 amide bonds. The minimum atomic E-state index is -1.43. The highest BCUT2D eigenvalue weighted by Gasteiger charge is 2.44. The van der Waals surface area contributed by atoms with Crippen LogP contribution in [0.5, 0.6) is 0 Å². The molecule has 0 spiro atoms. The van der Waals surface area contributed by atoms with Crippen molar-refractivity contribution in [1.82, 2.24) is 5.32 Å². The van der Waals surface area contributed by atoms with Crippen LogP contribution in [0.4, 0.5) is 0 Å². The summed E-state index contributed by atoms with van der Waals surface area (Å²) in [6.07, 6.45) is -2.77. The van der Waals surface area contributed by atoms with Gasteiger partial charge in [0.25, 0.3) is 0 Å². The molecule has 1 saturated heterocycles. The van der Waals surface area contributed by atoms with E-state index in [4.69, 9.17) is 0 Å². The van der Waals surface area contributed by atoms with Gasteiger partial charge in [0.1, 0.15) is 18.3 Å². The van der Waals surface area contributed by atoms with Crippen LogP contribution in [0.2, 0.25) is 0 Å². The van der Waals surface area contributed by atoms with E-state index in [9.17, 15) is 35.7 Å². The summed E-state index contributed by atoms with van der Waals surface area (Å²) >= 11 is 0. The van der Waals surface area contributed by atoms with Gasteiger partial charge >= 0.3 is 0 Å². The van der Waals surface area contributed by atoms with Gasteiger partial charge < -0.3 is 41.1 Å². The van der Waals surface area contributed by atoms with Gasteiger partial charge in [0.15, 0.2) is 0 Å². The highest BCUT2D eigenvalue weighted by atomic mass is 16.4. The Balaban J connectivity index is 1.64. The summed E-state index contributed by atoms with van der Waals surface area (Å²) in [5, 5.41) is 72.4. The molecule has 1 fully saturated rings. The largest absolute Gasteiger partial charge is 0.395 e. The Morgan fingerprint density at radius 1 is 0.793 bits per heavy atom. The zero-order chi connectivity index (χ0) is 21.4. The van der Waals surface area contributed by atoms with Gasteiger partial charge in [-0.15, -0.1) is 0 Å². The molecule has 8 atom stereocenters. The van der Waals surface area contributed by atoms with Crippen molar-refractivity contribution >= 4 is 0 Å². The first-order chi connectivity index (χ1) is 13.9. The molecule has 1 heterocycles. The SMILES string of the molecule is OC[C@H]1N[C@H](C(O)CCCCCCC(O)C(O)c2ccccc2)[C@H](O)[C@@H](O)[C@H]1O. The van der Waals surface area contributed by atoms with E-state index in [0.717, 1.165) is 19.3 Å². The maximum absolute atomic E-state index is 10.3. The number of aliphatic hydroxyl groups excluding tert-OH is 7. The minimum Gasteiger partial charge on any atom is -0.395 e. The summed E-state index contributed by atoms with van der Waals surface area (Å²) in [4.78, 5) is 0. The average molecular weight is 414 g/mol. The van der Waals surface area contributed by atoms with Gasteiger partial charge in [-0.05, 0) is 18.4 Å². The van der Waals surface area contributed by atoms with Gasteiger partial charge in [-0.1, -0.05) is 56.0 Å². The zero-order valence-electron chi connectivity index (χ0n) is 16.6. The molecule has 1 aliphatic rings. The van der Waals surface area contributed by atoms with Crippen molar-refractivity contribution in [2.24, 2.45) is 0 Å². The molecular weight excluding hydrogens is 378 g/mol. The van der Waals surface area contributed by atoms with Gasteiger partial charge in [0, 0.05) is 0 Å². The predicted molar refractivity (Wildman–Crippen MR) is 107 cm³/mol. The lowest BCUT2D eigenvalue weighted by molar-refractivity contribution is -0.136. The van der Waals surface area contributed by atoms with E-state index in [1.54, 1.807) is 12.1 Å². The number of rotatable bonds is 11. The Morgan fingerprint density at radius 2 is 1.41 bits per heavy atom. The summed E-state index contributed by atoms with van der Waals surface area (Å²) < 4.78 is 0. The third kappa shape index (κ3) is 6.70. The molecule has 2 rings (SSSR count). The van der Waals surface area contributed by atoms with Crippen LogP contribution in [0.25, 0.3) is 0 Å². The lowest BCUT2D eigenvalue weighted by Gasteiger charge is -2.42. The monoisotopic (exact) mass is 413 g/mol. The third-order valence-electron chi connectivity index (χ3n) is 5.75. The molecule has 0 aromatic heterocycles. The van der Waals surface area contributed by atoms with Crippen LogP contribution in [0, 0.1) is 0 Å². The van der Waals surface area contributed by atoms with E-state index in [1.807, 2.05) is 18.2 Å². The molecule has 8 nitrogen and oxygen atoms in total. The van der Waals surface area contributed by atoms with Crippen molar-refractivity contribution in [3.8, 4) is 0 Å². The van der Waals surface area contributed by atoms with Crippen LogP contribution in [-0.2, 0) is 0 Å². The molecular formula is C21H35NO7. The van der Waals surface area contributed by atoms with Crippen molar-refractivity contribution < 1.29 is 35.7 Å². The topological polar surface area (TPSA) is 154 Å². The first kappa shape index (κ1) is 24.2. The van der Waals surface area contributed by atoms with Gasteiger partial charge in [0.05, 0.1) is 37.0 Å². The highest BCUT2D eigenvalue weighted by molar-refractivity contribution is 5.18. The zero-order valence-corrected chi connectivity index (χ0v) is 16.6. The Kier molecular flexibility index (Phi) is 9.94. The van der Waals surface area contributed by atoms with Crippen LogP contribution < -0.4 is 5.32 Å². The van der Waals surface area contributed by atoms with Crippen LogP contribution >= 0.6 is 0 Å². The Hall–Kier alpha value is -1.10. The van der Waals surface area contributed by atoms with E-state index in [2.05, 4.69) is 5.32 Å². The molecule has 8 N–H and O–H groups in total. The van der Waals surface area contributed by atoms with Gasteiger partial charge in [0.2, 0.25) is 0 Å². The fraction of sp³-hybridized carbons (Fsp3) is 0.714. The second kappa shape index (κ2) is 11.9. The maximum Gasteiger partial charge on any atom is 0.109 e. The number of aliphatic hydroxyl groups is 7. The quantitative estimate of drug-likeness (QED) is 0.219. The Morgan fingerprint density at radius 3 is 2.03 bits per heavy atom. The second-order valence-electron chi connectivity index (χ2n) is 7.94. The number of piperidine rings is 1. The minimum absolute atomic E-state index is 0.394. The number of hydrogen-bond acceptors (Lipinski definition) is 8. The van der Waals surface area contributed by atoms with Crippen molar-refractivity contribution in [3.63, 3.8) is 0 Å². The first-order valence-electron chi connectivity index (χ1n) is 10.4. The average Bonchev–Trinajstić information content (AvgIpc) is 2.74. The van der Waals surface area contributed by atoms with Crippen LogP contribution in [0.15, 0.2) is 30.3 Å². The standard InChI is InChI=1S/C21H35NO7/c23-12-14-19(27)21(29)20(28)17(22-14)15(24)10-6-1-2-7-11-16(25)18(26)13-8-4-3-5-9-13/h3-5,8-9,14-29H,1-2,6-7,10-12H2/t14-,15?,16?,17-,18?,19+,20+,21+/m1/s1. The Labute approximate surface area is 171 Å². The normalized spacial score (nSPS) is 30.7. The van der Waals surface area contributed by atoms with E-state index in [1.165, 1.54) is 0 Å². The summed E-state index contributed by atoms with van der Waals surface area (Å²) in [7, 11) is 0. The predicted octanol–water partition coefficient (Wildman–Crippen LogP) is -0.802. The van der Waals surface area contributed by atoms with E-state index in [0.29, 0.717) is 24.8 Å². The van der Waals surface area contributed by atoms with Gasteiger partial charge in [-0.2, -0.15) is 0 Å². The van der Waals surface area contributed by atoms with Crippen molar-refractivity contribution in [2.75, 3.05) is 6.61 Å². The summed E-state index contributed by atoms with van der Waals surface area (Å²) in [5.74, 6) is 0. The van der Waals surface area contributed by atoms with Gasteiger partial charge in [-0.3, -0.25) is 0 Å². The highest BCUT2D eigenvalue weighted by Crippen LogP contribution is 2.22. The summed E-state index contributed by atoms with van der Waals surface area (Å²) in [6, 6.07) is 7.42. The maximum atomic E-state index is 10.3. The lowest BCUT2D eigenvalue weighted by atomic mass is 9.86. The Bertz CT molecular complexity index is 573. The molecule has 1 aromatic rings. The summed E-state index contributed by atoms with van der Waals surface area (Å²) in [6.45, 7) is -0.411.